The summed E-state index contributed by atoms with van der Waals surface area (Å²) in [7, 11) is 0. The molecule has 3 amide bonds. The minimum atomic E-state index is -0.988. The number of ether oxygens (including phenoxy) is 1. The third-order valence-corrected chi connectivity index (χ3v) is 6.29. The lowest BCUT2D eigenvalue weighted by molar-refractivity contribution is -0.136. The topological polar surface area (TPSA) is 126 Å². The Morgan fingerprint density at radius 1 is 0.872 bits per heavy atom. The number of hydrogen-bond acceptors (Lipinski definition) is 6. The minimum Gasteiger partial charge on any atom is -0.423 e. The van der Waals surface area contributed by atoms with Crippen LogP contribution in [0.25, 0.3) is 0 Å². The lowest BCUT2D eigenvalue weighted by Gasteiger charge is -2.23. The first-order chi connectivity index (χ1) is 18.9. The van der Waals surface area contributed by atoms with Gasteiger partial charge in [-0.2, -0.15) is 5.10 Å². The Bertz CT molecular complexity index is 1380. The molecule has 39 heavy (non-hydrogen) atoms. The highest BCUT2D eigenvalue weighted by molar-refractivity contribution is 6.40. The molecule has 0 atom stereocenters. The first-order valence-corrected chi connectivity index (χ1v) is 12.8. The summed E-state index contributed by atoms with van der Waals surface area (Å²) < 4.78 is 5.38. The fourth-order valence-corrected chi connectivity index (χ4v) is 4.26. The molecule has 4 rings (SSSR count). The molecular formula is C30H30N4O5. The number of carbonyl (C=O) groups excluding carboxylic acids is 4. The van der Waals surface area contributed by atoms with Gasteiger partial charge in [-0.25, -0.2) is 10.2 Å². The van der Waals surface area contributed by atoms with E-state index in [0.717, 1.165) is 31.2 Å². The second kappa shape index (κ2) is 13.1. The fourth-order valence-electron chi connectivity index (χ4n) is 4.26. The van der Waals surface area contributed by atoms with E-state index in [1.54, 1.807) is 66.7 Å². The molecule has 1 saturated carbocycles. The van der Waals surface area contributed by atoms with Crippen molar-refractivity contribution in [1.82, 2.24) is 10.7 Å². The monoisotopic (exact) mass is 526 g/mol. The van der Waals surface area contributed by atoms with Crippen molar-refractivity contribution in [3.05, 3.63) is 95.1 Å². The molecule has 0 unspecified atom stereocenters. The van der Waals surface area contributed by atoms with Gasteiger partial charge in [-0.05, 0) is 73.9 Å². The normalized spacial score (nSPS) is 13.5. The molecular weight excluding hydrogens is 496 g/mol. The quantitative estimate of drug-likeness (QED) is 0.139. The van der Waals surface area contributed by atoms with Crippen LogP contribution in [-0.4, -0.2) is 35.9 Å². The van der Waals surface area contributed by atoms with Crippen LogP contribution in [0.1, 0.15) is 63.9 Å². The summed E-state index contributed by atoms with van der Waals surface area (Å²) in [6, 6.07) is 20.2. The Hall–Kier alpha value is -4.79. The molecule has 1 aliphatic rings. The van der Waals surface area contributed by atoms with Crippen molar-refractivity contribution >= 4 is 35.6 Å². The molecule has 3 aromatic carbocycles. The molecule has 0 saturated heterocycles. The number of para-hydroxylation sites is 1. The highest BCUT2D eigenvalue weighted by atomic mass is 16.5. The highest BCUT2D eigenvalue weighted by Gasteiger charge is 2.21. The van der Waals surface area contributed by atoms with Crippen LogP contribution in [-0.2, 0) is 9.59 Å². The van der Waals surface area contributed by atoms with Crippen molar-refractivity contribution in [2.45, 2.75) is 45.1 Å². The summed E-state index contributed by atoms with van der Waals surface area (Å²) >= 11 is 0. The predicted octanol–water partition coefficient (Wildman–Crippen LogP) is 4.37. The van der Waals surface area contributed by atoms with Gasteiger partial charge in [0.2, 0.25) is 0 Å². The van der Waals surface area contributed by atoms with Crippen LogP contribution < -0.4 is 20.8 Å². The maximum absolute atomic E-state index is 12.8. The summed E-state index contributed by atoms with van der Waals surface area (Å²) in [4.78, 5) is 49.8. The van der Waals surface area contributed by atoms with Crippen molar-refractivity contribution in [2.75, 3.05) is 5.32 Å². The van der Waals surface area contributed by atoms with Crippen molar-refractivity contribution in [3.8, 4) is 5.75 Å². The van der Waals surface area contributed by atoms with Gasteiger partial charge in [0, 0.05) is 6.04 Å². The largest absolute Gasteiger partial charge is 0.423 e. The third-order valence-electron chi connectivity index (χ3n) is 6.29. The SMILES string of the molecule is Cc1cccc(C(=O)Oc2ccc(C=NNC(=O)C(=O)Nc3ccccc3C(=O)NC3CCCCC3)cc2)c1. The van der Waals surface area contributed by atoms with Gasteiger partial charge in [0.1, 0.15) is 5.75 Å². The van der Waals surface area contributed by atoms with E-state index in [9.17, 15) is 19.2 Å². The number of aryl methyl sites for hydroxylation is 1. The number of amides is 3. The molecule has 9 nitrogen and oxygen atoms in total. The van der Waals surface area contributed by atoms with Crippen molar-refractivity contribution < 1.29 is 23.9 Å². The standard InChI is InChI=1S/C30H30N4O5/c1-20-8-7-9-22(18-20)30(38)39-24-16-14-21(15-17-24)19-31-34-29(37)28(36)33-26-13-6-5-12-25(26)27(35)32-23-10-3-2-4-11-23/h5-9,12-19,23H,2-4,10-11H2,1H3,(H,32,35)(H,33,36)(H,34,37). The molecule has 0 aliphatic heterocycles. The molecule has 3 N–H and O–H groups in total. The van der Waals surface area contributed by atoms with Crippen LogP contribution in [0.4, 0.5) is 5.69 Å². The number of benzene rings is 3. The number of anilines is 1. The second-order valence-electron chi connectivity index (χ2n) is 9.34. The van der Waals surface area contributed by atoms with E-state index in [1.807, 2.05) is 13.0 Å². The van der Waals surface area contributed by atoms with Crippen molar-refractivity contribution in [2.24, 2.45) is 5.10 Å². The maximum atomic E-state index is 12.8. The average molecular weight is 527 g/mol. The second-order valence-corrected chi connectivity index (χ2v) is 9.34. The molecule has 1 fully saturated rings. The van der Waals surface area contributed by atoms with Gasteiger partial charge in [-0.1, -0.05) is 49.1 Å². The van der Waals surface area contributed by atoms with Gasteiger partial charge in [0.05, 0.1) is 23.0 Å². The summed E-state index contributed by atoms with van der Waals surface area (Å²) in [5.74, 6) is -2.34. The Balaban J connectivity index is 1.28. The van der Waals surface area contributed by atoms with E-state index in [2.05, 4.69) is 21.2 Å². The van der Waals surface area contributed by atoms with Crippen LogP contribution >= 0.6 is 0 Å². The summed E-state index contributed by atoms with van der Waals surface area (Å²) in [6.07, 6.45) is 6.55. The molecule has 0 aromatic heterocycles. The number of carbonyl (C=O) groups is 4. The Morgan fingerprint density at radius 3 is 2.36 bits per heavy atom. The highest BCUT2D eigenvalue weighted by Crippen LogP contribution is 2.20. The lowest BCUT2D eigenvalue weighted by Crippen LogP contribution is -2.37. The first kappa shape index (κ1) is 27.3. The minimum absolute atomic E-state index is 0.113. The van der Waals surface area contributed by atoms with E-state index in [-0.39, 0.29) is 23.2 Å². The lowest BCUT2D eigenvalue weighted by atomic mass is 9.95. The Morgan fingerprint density at radius 2 is 1.62 bits per heavy atom. The van der Waals surface area contributed by atoms with Crippen molar-refractivity contribution in [1.29, 1.82) is 0 Å². The Labute approximate surface area is 226 Å². The van der Waals surface area contributed by atoms with E-state index in [4.69, 9.17) is 4.74 Å². The van der Waals surface area contributed by atoms with E-state index < -0.39 is 17.8 Å². The molecule has 0 spiro atoms. The zero-order valence-electron chi connectivity index (χ0n) is 21.6. The van der Waals surface area contributed by atoms with E-state index >= 15 is 0 Å². The molecule has 9 heteroatoms. The first-order valence-electron chi connectivity index (χ1n) is 12.8. The zero-order valence-corrected chi connectivity index (χ0v) is 21.6. The molecule has 0 radical (unpaired) electrons. The van der Waals surface area contributed by atoms with Gasteiger partial charge in [0.25, 0.3) is 5.91 Å². The molecule has 1 aliphatic carbocycles. The van der Waals surface area contributed by atoms with Gasteiger partial charge in [-0.3, -0.25) is 14.4 Å². The van der Waals surface area contributed by atoms with Crippen molar-refractivity contribution in [3.63, 3.8) is 0 Å². The molecule has 0 heterocycles. The van der Waals surface area contributed by atoms with Crippen LogP contribution in [0.3, 0.4) is 0 Å². The predicted molar refractivity (Wildman–Crippen MR) is 148 cm³/mol. The summed E-state index contributed by atoms with van der Waals surface area (Å²) in [5.41, 5.74) is 4.72. The van der Waals surface area contributed by atoms with E-state index in [0.29, 0.717) is 16.9 Å². The fraction of sp³-hybridized carbons (Fsp3) is 0.233. The number of nitrogens with one attached hydrogen (secondary N) is 3. The number of esters is 1. The van der Waals surface area contributed by atoms with Gasteiger partial charge < -0.3 is 15.4 Å². The van der Waals surface area contributed by atoms with Gasteiger partial charge in [-0.15, -0.1) is 0 Å². The maximum Gasteiger partial charge on any atom is 0.343 e. The number of rotatable bonds is 7. The molecule has 0 bridgehead atoms. The summed E-state index contributed by atoms with van der Waals surface area (Å²) in [6.45, 7) is 1.89. The van der Waals surface area contributed by atoms with Gasteiger partial charge >= 0.3 is 17.8 Å². The number of hydrogen-bond donors (Lipinski definition) is 3. The van der Waals surface area contributed by atoms with E-state index in [1.165, 1.54) is 12.6 Å². The van der Waals surface area contributed by atoms with Crippen LogP contribution in [0.5, 0.6) is 5.75 Å². The zero-order chi connectivity index (χ0) is 27.6. The Kier molecular flexibility index (Phi) is 9.18. The number of hydrazone groups is 1. The smallest absolute Gasteiger partial charge is 0.343 e. The van der Waals surface area contributed by atoms with Gasteiger partial charge in [0.15, 0.2) is 0 Å². The molecule has 200 valence electrons. The van der Waals surface area contributed by atoms with Crippen LogP contribution in [0, 0.1) is 6.92 Å². The molecule has 3 aromatic rings. The number of nitrogens with zero attached hydrogens (tertiary/aromatic N) is 1. The average Bonchev–Trinajstić information content (AvgIpc) is 2.94. The van der Waals surface area contributed by atoms with Crippen LogP contribution in [0.15, 0.2) is 77.9 Å². The summed E-state index contributed by atoms with van der Waals surface area (Å²) in [5, 5.41) is 9.31. The van der Waals surface area contributed by atoms with Crippen LogP contribution in [0.2, 0.25) is 0 Å². The third kappa shape index (κ3) is 7.85.